The molecule has 0 radical (unpaired) electrons. The van der Waals surface area contributed by atoms with Crippen LogP contribution in [0.1, 0.15) is 27.2 Å². The van der Waals surface area contributed by atoms with E-state index in [-0.39, 0.29) is 18.3 Å². The normalized spacial score (nSPS) is 12.9. The van der Waals surface area contributed by atoms with Gasteiger partial charge in [0.2, 0.25) is 0 Å². The molecule has 0 amide bonds. The minimum Gasteiger partial charge on any atom is -0.478 e. The summed E-state index contributed by atoms with van der Waals surface area (Å²) < 4.78 is 5.30. The topological polar surface area (TPSA) is 46.5 Å². The van der Waals surface area contributed by atoms with E-state index in [9.17, 15) is 4.79 Å². The van der Waals surface area contributed by atoms with E-state index in [0.717, 1.165) is 6.42 Å². The fraction of sp³-hybridized carbons (Fsp3) is 0.700. The summed E-state index contributed by atoms with van der Waals surface area (Å²) in [6, 6.07) is 0. The number of carboxylic acids is 1. The van der Waals surface area contributed by atoms with Crippen LogP contribution in [-0.4, -0.2) is 23.8 Å². The van der Waals surface area contributed by atoms with Gasteiger partial charge in [-0.3, -0.25) is 0 Å². The predicted octanol–water partition coefficient (Wildman–Crippen LogP) is 2.08. The van der Waals surface area contributed by atoms with Crippen LogP contribution in [0.3, 0.4) is 0 Å². The molecule has 0 spiro atoms. The van der Waals surface area contributed by atoms with Crippen LogP contribution in [0.25, 0.3) is 0 Å². The summed E-state index contributed by atoms with van der Waals surface area (Å²) in [6.45, 7) is 9.64. The Hall–Kier alpha value is -0.830. The van der Waals surface area contributed by atoms with Gasteiger partial charge in [-0.2, -0.15) is 0 Å². The summed E-state index contributed by atoms with van der Waals surface area (Å²) in [5.41, 5.74) is 0.107. The number of rotatable bonds is 6. The molecule has 0 saturated heterocycles. The molecule has 1 unspecified atom stereocenters. The molecular weight excluding hydrogens is 168 g/mol. The average molecular weight is 186 g/mol. The average Bonchev–Trinajstić information content (AvgIpc) is 1.98. The van der Waals surface area contributed by atoms with Crippen molar-refractivity contribution in [2.75, 3.05) is 6.61 Å². The summed E-state index contributed by atoms with van der Waals surface area (Å²) in [5, 5.41) is 8.50. The number of hydrogen-bond acceptors (Lipinski definition) is 2. The number of hydrogen-bond donors (Lipinski definition) is 1. The molecule has 0 saturated carbocycles. The van der Waals surface area contributed by atoms with Crippen molar-refractivity contribution in [3.05, 3.63) is 12.2 Å². The van der Waals surface area contributed by atoms with Crippen molar-refractivity contribution in [1.29, 1.82) is 0 Å². The Morgan fingerprint density at radius 1 is 1.46 bits per heavy atom. The molecule has 0 bridgehead atoms. The lowest BCUT2D eigenvalue weighted by molar-refractivity contribution is -0.133. The van der Waals surface area contributed by atoms with Crippen LogP contribution in [0.15, 0.2) is 12.2 Å². The highest BCUT2D eigenvalue weighted by Crippen LogP contribution is 2.08. The number of carbonyl (C=O) groups is 1. The van der Waals surface area contributed by atoms with Crippen molar-refractivity contribution < 1.29 is 14.6 Å². The highest BCUT2D eigenvalue weighted by atomic mass is 16.5. The number of carboxylic acid groups (broad SMARTS) is 1. The molecular formula is C10H18O3. The van der Waals surface area contributed by atoms with E-state index in [4.69, 9.17) is 9.84 Å². The lowest BCUT2D eigenvalue weighted by Gasteiger charge is -2.14. The minimum absolute atomic E-state index is 0.0936. The Morgan fingerprint density at radius 3 is 2.38 bits per heavy atom. The quantitative estimate of drug-likeness (QED) is 0.646. The maximum atomic E-state index is 10.4. The zero-order valence-electron chi connectivity index (χ0n) is 8.54. The second-order valence-corrected chi connectivity index (χ2v) is 3.66. The van der Waals surface area contributed by atoms with Crippen molar-refractivity contribution in [3.8, 4) is 0 Å². The van der Waals surface area contributed by atoms with E-state index < -0.39 is 5.97 Å². The van der Waals surface area contributed by atoms with Gasteiger partial charge in [-0.15, -0.1) is 0 Å². The second kappa shape index (κ2) is 5.75. The Labute approximate surface area is 79.4 Å². The van der Waals surface area contributed by atoms with Gasteiger partial charge in [0, 0.05) is 0 Å². The second-order valence-electron chi connectivity index (χ2n) is 3.66. The minimum atomic E-state index is -0.989. The largest absolute Gasteiger partial charge is 0.478 e. The molecule has 0 aliphatic carbocycles. The first-order valence-electron chi connectivity index (χ1n) is 4.46. The van der Waals surface area contributed by atoms with Gasteiger partial charge in [-0.1, -0.05) is 20.4 Å². The summed E-state index contributed by atoms with van der Waals surface area (Å²) in [6.07, 6.45) is 1.03. The number of aliphatic carboxylic acids is 1. The van der Waals surface area contributed by atoms with Crippen molar-refractivity contribution in [2.45, 2.75) is 33.3 Å². The summed E-state index contributed by atoms with van der Waals surface area (Å²) >= 11 is 0. The third kappa shape index (κ3) is 6.34. The summed E-state index contributed by atoms with van der Waals surface area (Å²) in [5.74, 6) is -0.426. The fourth-order valence-electron chi connectivity index (χ4n) is 1.04. The molecule has 0 fully saturated rings. The molecule has 76 valence electrons. The summed E-state index contributed by atoms with van der Waals surface area (Å²) in [4.78, 5) is 10.4. The SMILES string of the molecule is C=C(COC(C)CC(C)C)C(=O)O. The molecule has 0 aromatic heterocycles. The van der Waals surface area contributed by atoms with Crippen molar-refractivity contribution in [1.82, 2.24) is 0 Å². The van der Waals surface area contributed by atoms with Crippen LogP contribution in [0.4, 0.5) is 0 Å². The lowest BCUT2D eigenvalue weighted by Crippen LogP contribution is -2.15. The molecule has 1 atom stereocenters. The van der Waals surface area contributed by atoms with Gasteiger partial charge in [0.15, 0.2) is 0 Å². The maximum absolute atomic E-state index is 10.4. The lowest BCUT2D eigenvalue weighted by atomic mass is 10.1. The third-order valence-corrected chi connectivity index (χ3v) is 1.65. The van der Waals surface area contributed by atoms with Gasteiger partial charge in [0.25, 0.3) is 0 Å². The highest BCUT2D eigenvalue weighted by Gasteiger charge is 2.08. The van der Waals surface area contributed by atoms with Crippen LogP contribution >= 0.6 is 0 Å². The Bertz CT molecular complexity index is 185. The Kier molecular flexibility index (Phi) is 5.39. The van der Waals surface area contributed by atoms with E-state index in [1.807, 2.05) is 6.92 Å². The van der Waals surface area contributed by atoms with Gasteiger partial charge >= 0.3 is 5.97 Å². The molecule has 0 heterocycles. The van der Waals surface area contributed by atoms with Crippen LogP contribution in [-0.2, 0) is 9.53 Å². The Balaban J connectivity index is 3.64. The molecule has 1 N–H and O–H groups in total. The number of ether oxygens (including phenoxy) is 1. The maximum Gasteiger partial charge on any atom is 0.333 e. The first kappa shape index (κ1) is 12.2. The molecule has 3 heteroatoms. The zero-order chi connectivity index (χ0) is 10.4. The molecule has 3 nitrogen and oxygen atoms in total. The van der Waals surface area contributed by atoms with Crippen molar-refractivity contribution in [2.24, 2.45) is 5.92 Å². The van der Waals surface area contributed by atoms with Gasteiger partial charge in [-0.25, -0.2) is 4.79 Å². The van der Waals surface area contributed by atoms with Crippen molar-refractivity contribution >= 4 is 5.97 Å². The zero-order valence-corrected chi connectivity index (χ0v) is 8.54. The highest BCUT2D eigenvalue weighted by molar-refractivity contribution is 5.85. The van der Waals surface area contributed by atoms with E-state index in [2.05, 4.69) is 20.4 Å². The molecule has 0 aliphatic heterocycles. The third-order valence-electron chi connectivity index (χ3n) is 1.65. The van der Waals surface area contributed by atoms with E-state index >= 15 is 0 Å². The first-order valence-corrected chi connectivity index (χ1v) is 4.46. The van der Waals surface area contributed by atoms with Crippen LogP contribution in [0.5, 0.6) is 0 Å². The van der Waals surface area contributed by atoms with E-state index in [0.29, 0.717) is 5.92 Å². The first-order chi connectivity index (χ1) is 5.93. The van der Waals surface area contributed by atoms with Gasteiger partial charge in [-0.05, 0) is 19.3 Å². The predicted molar refractivity (Wildman–Crippen MR) is 51.6 cm³/mol. The van der Waals surface area contributed by atoms with Gasteiger partial charge < -0.3 is 9.84 Å². The van der Waals surface area contributed by atoms with Crippen LogP contribution in [0.2, 0.25) is 0 Å². The van der Waals surface area contributed by atoms with Crippen LogP contribution in [0, 0.1) is 5.92 Å². The van der Waals surface area contributed by atoms with Crippen LogP contribution < -0.4 is 0 Å². The summed E-state index contributed by atoms with van der Waals surface area (Å²) in [7, 11) is 0. The van der Waals surface area contributed by atoms with Gasteiger partial charge in [0.05, 0.1) is 18.3 Å². The molecule has 0 aromatic carbocycles. The van der Waals surface area contributed by atoms with Gasteiger partial charge in [0.1, 0.15) is 0 Å². The smallest absolute Gasteiger partial charge is 0.333 e. The van der Waals surface area contributed by atoms with E-state index in [1.54, 1.807) is 0 Å². The molecule has 0 aromatic rings. The molecule has 0 rings (SSSR count). The van der Waals surface area contributed by atoms with E-state index in [1.165, 1.54) is 0 Å². The molecule has 0 aliphatic rings. The van der Waals surface area contributed by atoms with Crippen molar-refractivity contribution in [3.63, 3.8) is 0 Å². The monoisotopic (exact) mass is 186 g/mol. The fourth-order valence-corrected chi connectivity index (χ4v) is 1.04. The molecule has 13 heavy (non-hydrogen) atoms. The Morgan fingerprint density at radius 2 is 2.00 bits per heavy atom. The standard InChI is InChI=1S/C10H18O3/c1-7(2)5-9(4)13-6-8(3)10(11)12/h7,9H,3,5-6H2,1-2,4H3,(H,11,12).